The first-order valence-corrected chi connectivity index (χ1v) is 32.2. The Morgan fingerprint density at radius 1 is 0.190 bits per heavy atom. The highest BCUT2D eigenvalue weighted by atomic mass is 32.2. The highest BCUT2D eigenvalue weighted by Crippen LogP contribution is 2.58. The van der Waals surface area contributed by atoms with Gasteiger partial charge in [0, 0.05) is 49.9 Å². The predicted molar refractivity (Wildman–Crippen MR) is 286 cm³/mol. The normalized spacial score (nSPS) is 11.8. The Morgan fingerprint density at radius 3 is 0.466 bits per heavy atom. The second kappa shape index (κ2) is 37.8. The van der Waals surface area contributed by atoms with Crippen LogP contribution in [0.15, 0.2) is 39.2 Å². The third kappa shape index (κ3) is 21.0. The molecule has 0 aromatic heterocycles. The molecule has 0 aliphatic carbocycles. The number of unbranched alkanes of at least 4 members (excludes halogenated alkanes) is 16. The lowest BCUT2D eigenvalue weighted by Gasteiger charge is -2.28. The fraction of sp³-hybridized carbons (Fsp3) is 0.800. The molecule has 58 heavy (non-hydrogen) atoms. The van der Waals surface area contributed by atoms with E-state index in [4.69, 9.17) is 0 Å². The molecule has 2 aromatic rings. The Labute approximate surface area is 396 Å². The predicted octanol–water partition coefficient (Wildman–Crippen LogP) is 21.1. The number of rotatable bonds is 40. The monoisotopic (exact) mass is 944 g/mol. The van der Waals surface area contributed by atoms with E-state index in [2.05, 4.69) is 149 Å². The molecule has 0 aliphatic heterocycles. The van der Waals surface area contributed by atoms with Crippen LogP contribution in [0.2, 0.25) is 0 Å². The van der Waals surface area contributed by atoms with E-state index >= 15 is 0 Å². The van der Waals surface area contributed by atoms with Gasteiger partial charge in [0.05, 0.1) is 0 Å². The molecule has 0 unspecified atom stereocenters. The van der Waals surface area contributed by atoms with E-state index in [9.17, 15) is 0 Å². The number of benzene rings is 2. The van der Waals surface area contributed by atoms with Crippen molar-refractivity contribution in [1.82, 2.24) is 0 Å². The third-order valence-electron chi connectivity index (χ3n) is 10.3. The summed E-state index contributed by atoms with van der Waals surface area (Å²) in [5.74, 6) is 9.91. The van der Waals surface area contributed by atoms with Gasteiger partial charge in [-0.15, -0.1) is 94.1 Å². The summed E-state index contributed by atoms with van der Waals surface area (Å²) in [5.41, 5.74) is 0. The number of thioether (sulfide) groups is 8. The van der Waals surface area contributed by atoms with E-state index in [0.717, 1.165) is 0 Å². The molecule has 0 heterocycles. The van der Waals surface area contributed by atoms with Gasteiger partial charge in [0.2, 0.25) is 0 Å². The van der Waals surface area contributed by atoms with Gasteiger partial charge in [-0.1, -0.05) is 158 Å². The average molecular weight is 946 g/mol. The lowest BCUT2D eigenvalue weighted by molar-refractivity contribution is 0.774. The Kier molecular flexibility index (Phi) is 36.3. The highest BCUT2D eigenvalue weighted by Gasteiger charge is 2.30. The maximum Gasteiger partial charge on any atom is 0.0362 e. The van der Waals surface area contributed by atoms with Crippen LogP contribution in [-0.2, 0) is 0 Å². The molecule has 0 N–H and O–H groups in total. The summed E-state index contributed by atoms with van der Waals surface area (Å²) in [6.07, 6.45) is 31.6. The molecule has 0 bridgehead atoms. The molecular formula is C50H88S8. The van der Waals surface area contributed by atoms with Crippen LogP contribution in [0.5, 0.6) is 0 Å². The maximum atomic E-state index is 2.37. The van der Waals surface area contributed by atoms with E-state index in [1.807, 2.05) is 0 Å². The fourth-order valence-electron chi connectivity index (χ4n) is 6.81. The van der Waals surface area contributed by atoms with Crippen molar-refractivity contribution in [3.8, 4) is 0 Å². The van der Waals surface area contributed by atoms with Crippen molar-refractivity contribution in [2.45, 2.75) is 249 Å². The molecule has 8 heteroatoms. The number of hydrogen-bond acceptors (Lipinski definition) is 8. The molecule has 0 aliphatic rings. The molecule has 2 aromatic carbocycles. The molecule has 2 rings (SSSR count). The summed E-state index contributed by atoms with van der Waals surface area (Å²) in [5, 5.41) is 3.37. The number of hydrogen-bond donors (Lipinski definition) is 0. The second-order valence-corrected chi connectivity index (χ2v) is 24.7. The minimum absolute atomic E-state index is 1.24. The van der Waals surface area contributed by atoms with Gasteiger partial charge in [0.15, 0.2) is 0 Å². The summed E-state index contributed by atoms with van der Waals surface area (Å²) in [4.78, 5) is 13.4. The standard InChI is InChI=1S/C50H88S8/c1-9-17-25-33-51-43-41-42(45(53-35-27-19-11-3)48(56-38-30-22-14-6)47(43)55-37-29-21-13-5)46(54-36-28-20-12-4)50(58-40-32-24-16-8)49(57-39-31-23-15-7)44(41)52-34-26-18-10-2/h9-40H2,1-8H3. The van der Waals surface area contributed by atoms with Crippen LogP contribution in [0.25, 0.3) is 10.8 Å². The van der Waals surface area contributed by atoms with Crippen molar-refractivity contribution in [1.29, 1.82) is 0 Å². The number of fused-ring (bicyclic) bond motifs is 1. The van der Waals surface area contributed by atoms with Crippen molar-refractivity contribution < 1.29 is 0 Å². The van der Waals surface area contributed by atoms with Gasteiger partial charge in [0.25, 0.3) is 0 Å². The smallest absolute Gasteiger partial charge is 0.0362 e. The van der Waals surface area contributed by atoms with Crippen LogP contribution in [0.3, 0.4) is 0 Å². The maximum absolute atomic E-state index is 2.37. The molecule has 0 spiro atoms. The first-order valence-electron chi connectivity index (χ1n) is 24.3. The Hall–Kier alpha value is 1.50. The van der Waals surface area contributed by atoms with E-state index in [0.29, 0.717) is 0 Å². The Balaban J connectivity index is 3.29. The zero-order valence-corrected chi connectivity index (χ0v) is 45.4. The van der Waals surface area contributed by atoms with Gasteiger partial charge in [-0.3, -0.25) is 0 Å². The summed E-state index contributed by atoms with van der Waals surface area (Å²) >= 11 is 18.1. The van der Waals surface area contributed by atoms with E-state index in [-0.39, 0.29) is 0 Å². The molecule has 0 atom stereocenters. The second-order valence-electron chi connectivity index (χ2n) is 15.8. The van der Waals surface area contributed by atoms with Gasteiger partial charge in [0.1, 0.15) is 0 Å². The zero-order valence-electron chi connectivity index (χ0n) is 38.9. The average Bonchev–Trinajstić information content (AvgIpc) is 3.23. The SMILES string of the molecule is CCCCCSc1c(SCCCCC)c(SCCCCC)c2c(SCCCCC)c(SCCCCC)c(SCCCCC)c(SCCCCC)c2c1SCCCCC. The van der Waals surface area contributed by atoms with Gasteiger partial charge >= 0.3 is 0 Å². The summed E-state index contributed by atoms with van der Waals surface area (Å²) in [6, 6.07) is 0. The van der Waals surface area contributed by atoms with Crippen LogP contribution in [0.1, 0.15) is 209 Å². The van der Waals surface area contributed by atoms with Crippen LogP contribution in [0.4, 0.5) is 0 Å². The van der Waals surface area contributed by atoms with Crippen molar-refractivity contribution in [3.05, 3.63) is 0 Å². The Bertz CT molecular complexity index is 1120. The van der Waals surface area contributed by atoms with Crippen molar-refractivity contribution in [2.24, 2.45) is 0 Å². The lowest BCUT2D eigenvalue weighted by Crippen LogP contribution is -2.03. The summed E-state index contributed by atoms with van der Waals surface area (Å²) in [6.45, 7) is 19.0. The molecule has 0 nitrogen and oxygen atoms in total. The molecule has 0 radical (unpaired) electrons. The van der Waals surface area contributed by atoms with Gasteiger partial charge in [-0.25, -0.2) is 0 Å². The molecule has 0 amide bonds. The van der Waals surface area contributed by atoms with Crippen LogP contribution >= 0.6 is 94.1 Å². The lowest BCUT2D eigenvalue weighted by atomic mass is 10.1. The topological polar surface area (TPSA) is 0 Å². The highest BCUT2D eigenvalue weighted by molar-refractivity contribution is 8.06. The van der Waals surface area contributed by atoms with E-state index in [1.54, 1.807) is 49.9 Å². The first kappa shape index (κ1) is 55.6. The quantitative estimate of drug-likeness (QED) is 0.0473. The van der Waals surface area contributed by atoms with Gasteiger partial charge in [-0.05, 0) is 97.4 Å². The third-order valence-corrected chi connectivity index (χ3v) is 20.6. The fourth-order valence-corrected chi connectivity index (χ4v) is 17.9. The van der Waals surface area contributed by atoms with Crippen molar-refractivity contribution in [3.63, 3.8) is 0 Å². The summed E-state index contributed by atoms with van der Waals surface area (Å²) < 4.78 is 0. The van der Waals surface area contributed by atoms with Crippen molar-refractivity contribution >= 4 is 105 Å². The van der Waals surface area contributed by atoms with Gasteiger partial charge in [-0.2, -0.15) is 0 Å². The molecule has 336 valence electrons. The van der Waals surface area contributed by atoms with E-state index < -0.39 is 0 Å². The largest absolute Gasteiger partial charge is 0.124 e. The van der Waals surface area contributed by atoms with Crippen LogP contribution in [-0.4, -0.2) is 46.0 Å². The molecular weight excluding hydrogens is 857 g/mol. The molecule has 0 fully saturated rings. The van der Waals surface area contributed by atoms with Gasteiger partial charge < -0.3 is 0 Å². The minimum Gasteiger partial charge on any atom is -0.124 e. The van der Waals surface area contributed by atoms with Crippen molar-refractivity contribution in [2.75, 3.05) is 46.0 Å². The minimum atomic E-state index is 1.24. The van der Waals surface area contributed by atoms with Crippen LogP contribution in [0, 0.1) is 0 Å². The molecule has 0 saturated carbocycles. The zero-order chi connectivity index (χ0) is 42.1. The Morgan fingerprint density at radius 2 is 0.328 bits per heavy atom. The summed E-state index contributed by atoms with van der Waals surface area (Å²) in [7, 11) is 0. The molecule has 0 saturated heterocycles. The van der Waals surface area contributed by atoms with Crippen LogP contribution < -0.4 is 0 Å². The first-order chi connectivity index (χ1) is 28.6. The van der Waals surface area contributed by atoms with E-state index in [1.165, 1.54) is 200 Å².